The van der Waals surface area contributed by atoms with E-state index in [0.717, 1.165) is 10.0 Å². The number of aryl methyl sites for hydroxylation is 1. The van der Waals surface area contributed by atoms with Gasteiger partial charge < -0.3 is 16.0 Å². The SMILES string of the molecule is Cc1ccc(Br)cc1NC(=O)CCNC(=O)CNc1ccccc1[N+](=O)[O-]. The Labute approximate surface area is 164 Å². The number of nitro groups is 1. The van der Waals surface area contributed by atoms with E-state index in [2.05, 4.69) is 31.9 Å². The van der Waals surface area contributed by atoms with Gasteiger partial charge in [-0.05, 0) is 30.7 Å². The van der Waals surface area contributed by atoms with Crippen LogP contribution in [-0.2, 0) is 9.59 Å². The quantitative estimate of drug-likeness (QED) is 0.435. The van der Waals surface area contributed by atoms with Gasteiger partial charge in [-0.25, -0.2) is 0 Å². The minimum absolute atomic E-state index is 0.103. The minimum atomic E-state index is -0.519. The van der Waals surface area contributed by atoms with Gasteiger partial charge in [0.1, 0.15) is 5.69 Å². The van der Waals surface area contributed by atoms with Crippen molar-refractivity contribution in [2.75, 3.05) is 23.7 Å². The Bertz CT molecular complexity index is 857. The summed E-state index contributed by atoms with van der Waals surface area (Å²) in [6.07, 6.45) is 0.114. The van der Waals surface area contributed by atoms with Gasteiger partial charge in [-0.15, -0.1) is 0 Å². The predicted octanol–water partition coefficient (Wildman–Crippen LogP) is 3.22. The molecular formula is C18H19BrN4O4. The molecule has 0 heterocycles. The number of nitro benzene ring substituents is 1. The van der Waals surface area contributed by atoms with Gasteiger partial charge in [-0.2, -0.15) is 0 Å². The number of rotatable bonds is 8. The summed E-state index contributed by atoms with van der Waals surface area (Å²) in [5.41, 5.74) is 1.80. The number of benzene rings is 2. The second kappa shape index (κ2) is 9.67. The van der Waals surface area contributed by atoms with E-state index in [-0.39, 0.29) is 42.7 Å². The van der Waals surface area contributed by atoms with E-state index < -0.39 is 4.92 Å². The van der Waals surface area contributed by atoms with Crippen molar-refractivity contribution in [3.8, 4) is 0 Å². The summed E-state index contributed by atoms with van der Waals surface area (Å²) in [5.74, 6) is -0.581. The van der Waals surface area contributed by atoms with Crippen molar-refractivity contribution in [2.45, 2.75) is 13.3 Å². The molecule has 0 aliphatic rings. The summed E-state index contributed by atoms with van der Waals surface area (Å²) in [6, 6.07) is 11.7. The van der Waals surface area contributed by atoms with Gasteiger partial charge in [0, 0.05) is 29.2 Å². The average molecular weight is 435 g/mol. The molecule has 2 amide bonds. The fraction of sp³-hybridized carbons (Fsp3) is 0.222. The van der Waals surface area contributed by atoms with Gasteiger partial charge in [0.15, 0.2) is 0 Å². The van der Waals surface area contributed by atoms with Crippen LogP contribution in [0.2, 0.25) is 0 Å². The average Bonchev–Trinajstić information content (AvgIpc) is 2.63. The lowest BCUT2D eigenvalue weighted by molar-refractivity contribution is -0.383. The van der Waals surface area contributed by atoms with Gasteiger partial charge >= 0.3 is 0 Å². The van der Waals surface area contributed by atoms with Gasteiger partial charge in [0.2, 0.25) is 11.8 Å². The van der Waals surface area contributed by atoms with E-state index in [4.69, 9.17) is 0 Å². The predicted molar refractivity (Wildman–Crippen MR) is 107 cm³/mol. The van der Waals surface area contributed by atoms with Crippen molar-refractivity contribution < 1.29 is 14.5 Å². The number of anilines is 2. The molecule has 9 heteroatoms. The fourth-order valence-electron chi connectivity index (χ4n) is 2.28. The number of hydrogen-bond acceptors (Lipinski definition) is 5. The van der Waals surface area contributed by atoms with Crippen molar-refractivity contribution >= 4 is 44.8 Å². The molecule has 2 aromatic carbocycles. The molecule has 0 saturated carbocycles. The molecule has 8 nitrogen and oxygen atoms in total. The Morgan fingerprint density at radius 1 is 1.11 bits per heavy atom. The lowest BCUT2D eigenvalue weighted by Crippen LogP contribution is -2.32. The molecule has 0 radical (unpaired) electrons. The Morgan fingerprint density at radius 3 is 2.59 bits per heavy atom. The zero-order valence-electron chi connectivity index (χ0n) is 14.6. The summed E-state index contributed by atoms with van der Waals surface area (Å²) in [7, 11) is 0. The third-order valence-electron chi connectivity index (χ3n) is 3.69. The zero-order chi connectivity index (χ0) is 19.8. The number of nitrogens with one attached hydrogen (secondary N) is 3. The summed E-state index contributed by atoms with van der Waals surface area (Å²) in [4.78, 5) is 34.2. The van der Waals surface area contributed by atoms with Gasteiger partial charge in [-0.3, -0.25) is 19.7 Å². The topological polar surface area (TPSA) is 113 Å². The van der Waals surface area contributed by atoms with Crippen LogP contribution in [0.4, 0.5) is 17.1 Å². The summed E-state index contributed by atoms with van der Waals surface area (Å²) in [5, 5.41) is 19.0. The van der Waals surface area contributed by atoms with Crippen LogP contribution in [0.5, 0.6) is 0 Å². The highest BCUT2D eigenvalue weighted by Crippen LogP contribution is 2.22. The van der Waals surface area contributed by atoms with Crippen LogP contribution in [0.3, 0.4) is 0 Å². The normalized spacial score (nSPS) is 10.1. The molecule has 0 spiro atoms. The zero-order valence-corrected chi connectivity index (χ0v) is 16.2. The van der Waals surface area contributed by atoms with Crippen molar-refractivity contribution in [2.24, 2.45) is 0 Å². The highest BCUT2D eigenvalue weighted by atomic mass is 79.9. The van der Waals surface area contributed by atoms with E-state index in [1.54, 1.807) is 12.1 Å². The van der Waals surface area contributed by atoms with E-state index >= 15 is 0 Å². The third-order valence-corrected chi connectivity index (χ3v) is 4.18. The molecule has 0 atom stereocenters. The van der Waals surface area contributed by atoms with Crippen LogP contribution < -0.4 is 16.0 Å². The first-order valence-corrected chi connectivity index (χ1v) is 8.96. The highest BCUT2D eigenvalue weighted by molar-refractivity contribution is 9.10. The van der Waals surface area contributed by atoms with Crippen LogP contribution in [0.15, 0.2) is 46.9 Å². The Kier molecular flexibility index (Phi) is 7.30. The van der Waals surface area contributed by atoms with Crippen LogP contribution in [0.1, 0.15) is 12.0 Å². The molecule has 0 aromatic heterocycles. The maximum atomic E-state index is 12.0. The third kappa shape index (κ3) is 6.37. The maximum absolute atomic E-state index is 12.0. The molecule has 3 N–H and O–H groups in total. The minimum Gasteiger partial charge on any atom is -0.371 e. The molecular weight excluding hydrogens is 416 g/mol. The molecule has 0 bridgehead atoms. The number of para-hydroxylation sites is 2. The van der Waals surface area contributed by atoms with Crippen LogP contribution >= 0.6 is 15.9 Å². The molecule has 0 unspecified atom stereocenters. The molecule has 2 aromatic rings. The number of carbonyl (C=O) groups excluding carboxylic acids is 2. The fourth-order valence-corrected chi connectivity index (χ4v) is 2.64. The Morgan fingerprint density at radius 2 is 1.85 bits per heavy atom. The monoisotopic (exact) mass is 434 g/mol. The highest BCUT2D eigenvalue weighted by Gasteiger charge is 2.13. The van der Waals surface area contributed by atoms with E-state index in [1.807, 2.05) is 25.1 Å². The number of halogens is 1. The first-order valence-electron chi connectivity index (χ1n) is 8.17. The maximum Gasteiger partial charge on any atom is 0.292 e. The van der Waals surface area contributed by atoms with Gasteiger partial charge in [0.05, 0.1) is 11.5 Å². The number of carbonyl (C=O) groups is 2. The smallest absolute Gasteiger partial charge is 0.292 e. The number of nitrogens with zero attached hydrogens (tertiary/aromatic N) is 1. The molecule has 27 heavy (non-hydrogen) atoms. The first-order chi connectivity index (χ1) is 12.9. The van der Waals surface area contributed by atoms with Crippen LogP contribution in [0.25, 0.3) is 0 Å². The second-order valence-corrected chi connectivity index (χ2v) is 6.65. The van der Waals surface area contributed by atoms with Crippen LogP contribution in [-0.4, -0.2) is 29.8 Å². The number of hydrogen-bond donors (Lipinski definition) is 3. The lowest BCUT2D eigenvalue weighted by Gasteiger charge is -2.10. The molecule has 0 aliphatic carbocycles. The van der Waals surface area contributed by atoms with Crippen LogP contribution in [0, 0.1) is 17.0 Å². The Hall–Kier alpha value is -2.94. The van der Waals surface area contributed by atoms with Gasteiger partial charge in [-0.1, -0.05) is 34.1 Å². The standard InChI is InChI=1S/C18H19BrN4O4/c1-12-6-7-13(19)10-15(12)22-17(24)8-9-20-18(25)11-21-14-4-2-3-5-16(14)23(26)27/h2-7,10,21H,8-9,11H2,1H3,(H,20,25)(H,22,24). The molecule has 0 saturated heterocycles. The summed E-state index contributed by atoms with van der Waals surface area (Å²) < 4.78 is 0.859. The van der Waals surface area contributed by atoms with Crippen molar-refractivity contribution in [3.63, 3.8) is 0 Å². The van der Waals surface area contributed by atoms with E-state index in [1.165, 1.54) is 12.1 Å². The largest absolute Gasteiger partial charge is 0.371 e. The molecule has 2 rings (SSSR count). The second-order valence-electron chi connectivity index (χ2n) is 5.74. The van der Waals surface area contributed by atoms with E-state index in [0.29, 0.717) is 5.69 Å². The van der Waals surface area contributed by atoms with Crippen molar-refractivity contribution in [3.05, 3.63) is 62.6 Å². The van der Waals surface area contributed by atoms with Gasteiger partial charge in [0.25, 0.3) is 5.69 Å². The number of amides is 2. The molecule has 0 aliphatic heterocycles. The summed E-state index contributed by atoms with van der Waals surface area (Å²) >= 11 is 3.35. The lowest BCUT2D eigenvalue weighted by atomic mass is 10.2. The molecule has 142 valence electrons. The van der Waals surface area contributed by atoms with Crippen molar-refractivity contribution in [1.82, 2.24) is 5.32 Å². The summed E-state index contributed by atoms with van der Waals surface area (Å²) in [6.45, 7) is 1.92. The van der Waals surface area contributed by atoms with Crippen molar-refractivity contribution in [1.29, 1.82) is 0 Å². The first kappa shape index (κ1) is 20.4. The van der Waals surface area contributed by atoms with E-state index in [9.17, 15) is 19.7 Å². The Balaban J connectivity index is 1.75. The molecule has 0 fully saturated rings.